The Labute approximate surface area is 139 Å². The minimum absolute atomic E-state index is 0.260. The molecule has 3 aromatic rings. The number of carbonyl (C=O) groups is 1. The molecule has 0 heterocycles. The molecule has 24 heavy (non-hydrogen) atoms. The summed E-state index contributed by atoms with van der Waals surface area (Å²) in [6.45, 7) is 2.00. The van der Waals surface area contributed by atoms with Crippen molar-refractivity contribution in [1.82, 2.24) is 0 Å². The van der Waals surface area contributed by atoms with Crippen molar-refractivity contribution in [3.05, 3.63) is 89.7 Å². The van der Waals surface area contributed by atoms with E-state index in [1.165, 1.54) is 24.3 Å². The number of rotatable bonds is 4. The van der Waals surface area contributed by atoms with Gasteiger partial charge >= 0.3 is 0 Å². The van der Waals surface area contributed by atoms with Crippen LogP contribution in [0.15, 0.2) is 72.8 Å². The summed E-state index contributed by atoms with van der Waals surface area (Å²) in [7, 11) is 0. The summed E-state index contributed by atoms with van der Waals surface area (Å²) >= 11 is 0. The van der Waals surface area contributed by atoms with Crippen LogP contribution in [0.5, 0.6) is 11.5 Å². The number of hydrogen-bond donors (Lipinski definition) is 1. The molecule has 3 aromatic carbocycles. The Morgan fingerprint density at radius 3 is 2.29 bits per heavy atom. The highest BCUT2D eigenvalue weighted by atomic mass is 19.1. The summed E-state index contributed by atoms with van der Waals surface area (Å²) in [6, 6.07) is 20.2. The van der Waals surface area contributed by atoms with Gasteiger partial charge in [-0.2, -0.15) is 0 Å². The van der Waals surface area contributed by atoms with E-state index in [0.717, 1.165) is 11.3 Å². The minimum atomic E-state index is -0.342. The highest BCUT2D eigenvalue weighted by molar-refractivity contribution is 6.04. The Balaban J connectivity index is 1.67. The first kappa shape index (κ1) is 15.7. The monoisotopic (exact) mass is 321 g/mol. The molecule has 0 aliphatic carbocycles. The second-order valence-electron chi connectivity index (χ2n) is 5.40. The van der Waals surface area contributed by atoms with Crippen molar-refractivity contribution >= 4 is 11.6 Å². The number of hydrogen-bond acceptors (Lipinski definition) is 2. The van der Waals surface area contributed by atoms with Crippen molar-refractivity contribution in [2.24, 2.45) is 0 Å². The summed E-state index contributed by atoms with van der Waals surface area (Å²) in [5, 5.41) is 2.72. The van der Waals surface area contributed by atoms with E-state index < -0.39 is 0 Å². The third-order valence-corrected chi connectivity index (χ3v) is 3.44. The van der Waals surface area contributed by atoms with Gasteiger partial charge in [0.25, 0.3) is 5.91 Å². The average molecular weight is 321 g/mol. The number of benzene rings is 3. The van der Waals surface area contributed by atoms with E-state index in [2.05, 4.69) is 5.32 Å². The SMILES string of the molecule is Cc1cccc(Oc2ccc(C(=O)Nc3ccc(F)cc3)cc2)c1. The van der Waals surface area contributed by atoms with Gasteiger partial charge in [-0.1, -0.05) is 12.1 Å². The molecule has 1 amide bonds. The topological polar surface area (TPSA) is 38.3 Å². The largest absolute Gasteiger partial charge is 0.457 e. The number of carbonyl (C=O) groups excluding carboxylic acids is 1. The lowest BCUT2D eigenvalue weighted by Gasteiger charge is -2.08. The molecular weight excluding hydrogens is 305 g/mol. The average Bonchev–Trinajstić information content (AvgIpc) is 2.57. The van der Waals surface area contributed by atoms with Crippen LogP contribution in [-0.2, 0) is 0 Å². The van der Waals surface area contributed by atoms with Gasteiger partial charge < -0.3 is 10.1 Å². The smallest absolute Gasteiger partial charge is 0.255 e. The maximum Gasteiger partial charge on any atom is 0.255 e. The molecule has 4 heteroatoms. The van der Waals surface area contributed by atoms with E-state index in [1.54, 1.807) is 24.3 Å². The number of nitrogens with one attached hydrogen (secondary N) is 1. The van der Waals surface area contributed by atoms with Crippen molar-refractivity contribution in [1.29, 1.82) is 0 Å². The molecule has 120 valence electrons. The van der Waals surface area contributed by atoms with Crippen LogP contribution in [0.25, 0.3) is 0 Å². The van der Waals surface area contributed by atoms with Crippen LogP contribution in [0.2, 0.25) is 0 Å². The van der Waals surface area contributed by atoms with Crippen LogP contribution in [0.3, 0.4) is 0 Å². The van der Waals surface area contributed by atoms with Crippen LogP contribution in [-0.4, -0.2) is 5.91 Å². The highest BCUT2D eigenvalue weighted by Crippen LogP contribution is 2.22. The standard InChI is InChI=1S/C20H16FNO2/c1-14-3-2-4-19(13-14)24-18-11-5-15(6-12-18)20(23)22-17-9-7-16(21)8-10-17/h2-13H,1H3,(H,22,23). The molecule has 0 radical (unpaired) electrons. The van der Waals surface area contributed by atoms with Gasteiger partial charge in [0, 0.05) is 11.3 Å². The third kappa shape index (κ3) is 3.98. The molecule has 0 aliphatic heterocycles. The zero-order chi connectivity index (χ0) is 16.9. The minimum Gasteiger partial charge on any atom is -0.457 e. The zero-order valence-electron chi connectivity index (χ0n) is 13.1. The fraction of sp³-hybridized carbons (Fsp3) is 0.0500. The molecule has 0 fully saturated rings. The highest BCUT2D eigenvalue weighted by Gasteiger charge is 2.07. The van der Waals surface area contributed by atoms with Crippen LogP contribution < -0.4 is 10.1 Å². The van der Waals surface area contributed by atoms with E-state index in [0.29, 0.717) is 17.0 Å². The Morgan fingerprint density at radius 1 is 0.917 bits per heavy atom. The Morgan fingerprint density at radius 2 is 1.62 bits per heavy atom. The van der Waals surface area contributed by atoms with Gasteiger partial charge in [-0.3, -0.25) is 4.79 Å². The molecule has 3 nitrogen and oxygen atoms in total. The van der Waals surface area contributed by atoms with Gasteiger partial charge in [0.1, 0.15) is 17.3 Å². The first-order valence-electron chi connectivity index (χ1n) is 7.52. The van der Waals surface area contributed by atoms with Gasteiger partial charge in [0.2, 0.25) is 0 Å². The molecule has 0 saturated carbocycles. The summed E-state index contributed by atoms with van der Waals surface area (Å²) in [5.74, 6) is 0.798. The molecule has 1 N–H and O–H groups in total. The molecule has 0 saturated heterocycles. The first-order chi connectivity index (χ1) is 11.6. The van der Waals surface area contributed by atoms with Crippen molar-refractivity contribution in [3.8, 4) is 11.5 Å². The predicted octanol–water partition coefficient (Wildman–Crippen LogP) is 5.18. The van der Waals surface area contributed by atoms with Gasteiger partial charge in [0.05, 0.1) is 0 Å². The number of ether oxygens (including phenoxy) is 1. The lowest BCUT2D eigenvalue weighted by molar-refractivity contribution is 0.102. The second kappa shape index (κ2) is 6.96. The van der Waals surface area contributed by atoms with E-state index in [1.807, 2.05) is 31.2 Å². The van der Waals surface area contributed by atoms with E-state index in [4.69, 9.17) is 4.74 Å². The number of anilines is 1. The third-order valence-electron chi connectivity index (χ3n) is 3.44. The molecule has 0 bridgehead atoms. The normalized spacial score (nSPS) is 10.2. The molecule has 0 aromatic heterocycles. The van der Waals surface area contributed by atoms with Crippen molar-refractivity contribution in [2.75, 3.05) is 5.32 Å². The summed E-state index contributed by atoms with van der Waals surface area (Å²) < 4.78 is 18.6. The Bertz CT molecular complexity index is 842. The van der Waals surface area contributed by atoms with Gasteiger partial charge in [-0.15, -0.1) is 0 Å². The Kier molecular flexibility index (Phi) is 4.57. The molecular formula is C20H16FNO2. The molecule has 0 atom stereocenters. The number of aryl methyl sites for hydroxylation is 1. The van der Waals surface area contributed by atoms with Crippen LogP contribution in [0.1, 0.15) is 15.9 Å². The maximum atomic E-state index is 12.9. The van der Waals surface area contributed by atoms with Crippen molar-refractivity contribution in [2.45, 2.75) is 6.92 Å². The molecule has 0 aliphatic rings. The fourth-order valence-electron chi connectivity index (χ4n) is 2.23. The maximum absolute atomic E-state index is 12.9. The quantitative estimate of drug-likeness (QED) is 0.719. The van der Waals surface area contributed by atoms with Crippen LogP contribution in [0.4, 0.5) is 10.1 Å². The number of halogens is 1. The van der Waals surface area contributed by atoms with Gasteiger partial charge in [0.15, 0.2) is 0 Å². The zero-order valence-corrected chi connectivity index (χ0v) is 13.1. The lowest BCUT2D eigenvalue weighted by Crippen LogP contribution is -2.11. The predicted molar refractivity (Wildman–Crippen MR) is 92.0 cm³/mol. The lowest BCUT2D eigenvalue weighted by atomic mass is 10.2. The molecule has 0 spiro atoms. The molecule has 3 rings (SSSR count). The summed E-state index contributed by atoms with van der Waals surface area (Å²) in [4.78, 5) is 12.2. The van der Waals surface area contributed by atoms with Crippen LogP contribution >= 0.6 is 0 Å². The van der Waals surface area contributed by atoms with Gasteiger partial charge in [-0.05, 0) is 73.2 Å². The number of amides is 1. The van der Waals surface area contributed by atoms with Crippen LogP contribution in [0, 0.1) is 12.7 Å². The second-order valence-corrected chi connectivity index (χ2v) is 5.40. The summed E-state index contributed by atoms with van der Waals surface area (Å²) in [5.41, 5.74) is 2.15. The van der Waals surface area contributed by atoms with E-state index >= 15 is 0 Å². The Hall–Kier alpha value is -3.14. The van der Waals surface area contributed by atoms with Gasteiger partial charge in [-0.25, -0.2) is 4.39 Å². The van der Waals surface area contributed by atoms with E-state index in [-0.39, 0.29) is 11.7 Å². The van der Waals surface area contributed by atoms with Crippen molar-refractivity contribution < 1.29 is 13.9 Å². The summed E-state index contributed by atoms with van der Waals surface area (Å²) in [6.07, 6.45) is 0. The fourth-order valence-corrected chi connectivity index (χ4v) is 2.23. The van der Waals surface area contributed by atoms with Crippen molar-refractivity contribution in [3.63, 3.8) is 0 Å². The first-order valence-corrected chi connectivity index (χ1v) is 7.52. The van der Waals surface area contributed by atoms with E-state index in [9.17, 15) is 9.18 Å². The molecule has 0 unspecified atom stereocenters.